The molecule has 1 fully saturated rings. The molecule has 0 saturated carbocycles. The molecule has 1 aliphatic heterocycles. The van der Waals surface area contributed by atoms with Gasteiger partial charge in [0, 0.05) is 16.1 Å². The summed E-state index contributed by atoms with van der Waals surface area (Å²) >= 11 is 11.8. The Morgan fingerprint density at radius 1 is 1.14 bits per heavy atom. The maximum atomic E-state index is 5.92. The molecule has 0 aliphatic carbocycles. The van der Waals surface area contributed by atoms with E-state index in [4.69, 9.17) is 23.2 Å². The van der Waals surface area contributed by atoms with Crippen LogP contribution in [0.25, 0.3) is 0 Å². The van der Waals surface area contributed by atoms with Crippen LogP contribution < -0.4 is 5.32 Å². The Hall–Kier alpha value is 0.0500. The molecule has 4 heteroatoms. The molecule has 1 heterocycles. The predicted octanol–water partition coefficient (Wildman–Crippen LogP) is 3.84. The van der Waals surface area contributed by atoms with E-state index in [2.05, 4.69) is 5.32 Å². The fourth-order valence-electron chi connectivity index (χ4n) is 1.75. The van der Waals surface area contributed by atoms with E-state index in [-0.39, 0.29) is 12.4 Å². The minimum atomic E-state index is 0. The van der Waals surface area contributed by atoms with Crippen molar-refractivity contribution in [1.82, 2.24) is 5.32 Å². The van der Waals surface area contributed by atoms with Gasteiger partial charge < -0.3 is 5.32 Å². The lowest BCUT2D eigenvalue weighted by atomic mass is 10.1. The topological polar surface area (TPSA) is 12.0 Å². The van der Waals surface area contributed by atoms with E-state index < -0.39 is 0 Å². The van der Waals surface area contributed by atoms with Crippen LogP contribution in [0.2, 0.25) is 10.0 Å². The molecule has 2 rings (SSSR count). The first-order valence-corrected chi connectivity index (χ1v) is 5.21. The van der Waals surface area contributed by atoms with Crippen LogP contribution in [0.3, 0.4) is 0 Å². The molecule has 1 N–H and O–H groups in total. The second-order valence-electron chi connectivity index (χ2n) is 3.35. The Balaban J connectivity index is 0.000000980. The first kappa shape index (κ1) is 12.1. The average molecular weight is 253 g/mol. The molecular weight excluding hydrogens is 240 g/mol. The third kappa shape index (κ3) is 2.77. The third-order valence-electron chi connectivity index (χ3n) is 2.35. The number of rotatable bonds is 1. The van der Waals surface area contributed by atoms with Crippen LogP contribution in [0.4, 0.5) is 0 Å². The molecule has 0 aromatic heterocycles. The molecule has 78 valence electrons. The maximum Gasteiger partial charge on any atom is 0.0424 e. The minimum Gasteiger partial charge on any atom is -0.310 e. The Kier molecular flexibility index (Phi) is 4.52. The summed E-state index contributed by atoms with van der Waals surface area (Å²) in [5, 5.41) is 4.85. The van der Waals surface area contributed by atoms with Gasteiger partial charge in [-0.2, -0.15) is 0 Å². The summed E-state index contributed by atoms with van der Waals surface area (Å²) < 4.78 is 0. The minimum absolute atomic E-state index is 0. The highest BCUT2D eigenvalue weighted by Gasteiger charge is 2.16. The predicted molar refractivity (Wildman–Crippen MR) is 63.7 cm³/mol. The van der Waals surface area contributed by atoms with E-state index in [1.807, 2.05) is 12.1 Å². The van der Waals surface area contributed by atoms with Crippen molar-refractivity contribution in [1.29, 1.82) is 0 Å². The zero-order valence-corrected chi connectivity index (χ0v) is 9.92. The lowest BCUT2D eigenvalue weighted by Gasteiger charge is -2.11. The molecule has 1 aromatic carbocycles. The zero-order valence-electron chi connectivity index (χ0n) is 7.59. The third-order valence-corrected chi connectivity index (χ3v) is 2.78. The monoisotopic (exact) mass is 251 g/mol. The van der Waals surface area contributed by atoms with E-state index in [0.29, 0.717) is 6.04 Å². The van der Waals surface area contributed by atoms with Crippen molar-refractivity contribution in [2.45, 2.75) is 18.9 Å². The van der Waals surface area contributed by atoms with E-state index in [9.17, 15) is 0 Å². The van der Waals surface area contributed by atoms with Crippen molar-refractivity contribution < 1.29 is 0 Å². The zero-order chi connectivity index (χ0) is 9.26. The van der Waals surface area contributed by atoms with Gasteiger partial charge in [0.2, 0.25) is 0 Å². The highest BCUT2D eigenvalue weighted by Crippen LogP contribution is 2.28. The van der Waals surface area contributed by atoms with Crippen LogP contribution in [0.15, 0.2) is 18.2 Å². The summed E-state index contributed by atoms with van der Waals surface area (Å²) in [5.74, 6) is 0. The van der Waals surface area contributed by atoms with Crippen LogP contribution in [0.5, 0.6) is 0 Å². The molecule has 1 aromatic rings. The molecule has 1 nitrogen and oxygen atoms in total. The highest BCUT2D eigenvalue weighted by molar-refractivity contribution is 6.34. The normalized spacial score (nSPS) is 20.6. The Labute approximate surface area is 100 Å². The van der Waals surface area contributed by atoms with Gasteiger partial charge in [-0.1, -0.05) is 23.2 Å². The molecule has 0 amide bonds. The van der Waals surface area contributed by atoms with E-state index in [0.717, 1.165) is 16.6 Å². The molecule has 14 heavy (non-hydrogen) atoms. The average Bonchev–Trinajstić information content (AvgIpc) is 2.53. The van der Waals surface area contributed by atoms with Crippen LogP contribution in [0, 0.1) is 0 Å². The van der Waals surface area contributed by atoms with Crippen LogP contribution >= 0.6 is 35.6 Å². The smallest absolute Gasteiger partial charge is 0.0424 e. The molecule has 1 unspecified atom stereocenters. The summed E-state index contributed by atoms with van der Waals surface area (Å²) in [7, 11) is 0. The Morgan fingerprint density at radius 3 is 2.29 bits per heavy atom. The lowest BCUT2D eigenvalue weighted by molar-refractivity contribution is 0.648. The van der Waals surface area contributed by atoms with Gasteiger partial charge in [-0.15, -0.1) is 12.4 Å². The van der Waals surface area contributed by atoms with Gasteiger partial charge in [0.25, 0.3) is 0 Å². The summed E-state index contributed by atoms with van der Waals surface area (Å²) in [6, 6.07) is 6.17. The highest BCUT2D eigenvalue weighted by atomic mass is 35.5. The fourth-order valence-corrected chi connectivity index (χ4v) is 2.29. The fraction of sp³-hybridized carbons (Fsp3) is 0.400. The maximum absolute atomic E-state index is 5.92. The van der Waals surface area contributed by atoms with Gasteiger partial charge >= 0.3 is 0 Å². The Morgan fingerprint density at radius 2 is 1.79 bits per heavy atom. The molecule has 0 bridgehead atoms. The van der Waals surface area contributed by atoms with Crippen molar-refractivity contribution in [3.8, 4) is 0 Å². The Bertz CT molecular complexity index is 288. The van der Waals surface area contributed by atoms with Gasteiger partial charge in [0.1, 0.15) is 0 Å². The van der Waals surface area contributed by atoms with Crippen LogP contribution in [-0.2, 0) is 0 Å². The molecule has 0 radical (unpaired) electrons. The molecule has 0 spiro atoms. The number of benzene rings is 1. The van der Waals surface area contributed by atoms with Crippen molar-refractivity contribution in [3.05, 3.63) is 33.8 Å². The quantitative estimate of drug-likeness (QED) is 0.801. The van der Waals surface area contributed by atoms with Gasteiger partial charge in [0.05, 0.1) is 0 Å². The number of hydrogen-bond donors (Lipinski definition) is 1. The summed E-state index contributed by atoms with van der Waals surface area (Å²) in [6.07, 6.45) is 2.41. The second-order valence-corrected chi connectivity index (χ2v) is 4.22. The molecule has 1 atom stereocenters. The van der Waals surface area contributed by atoms with Crippen LogP contribution in [0.1, 0.15) is 24.4 Å². The van der Waals surface area contributed by atoms with Gasteiger partial charge in [-0.3, -0.25) is 0 Å². The van der Waals surface area contributed by atoms with E-state index >= 15 is 0 Å². The summed E-state index contributed by atoms with van der Waals surface area (Å²) in [6.45, 7) is 1.09. The van der Waals surface area contributed by atoms with Crippen molar-refractivity contribution >= 4 is 35.6 Å². The number of nitrogens with one attached hydrogen (secondary N) is 1. The van der Waals surface area contributed by atoms with Gasteiger partial charge in [-0.05, 0) is 43.1 Å². The molecular formula is C10H12Cl3N. The van der Waals surface area contributed by atoms with Crippen molar-refractivity contribution in [3.63, 3.8) is 0 Å². The first-order valence-electron chi connectivity index (χ1n) is 4.45. The summed E-state index contributed by atoms with van der Waals surface area (Å²) in [5.41, 5.74) is 1.20. The number of halogens is 3. The second kappa shape index (κ2) is 5.22. The van der Waals surface area contributed by atoms with Gasteiger partial charge in [0.15, 0.2) is 0 Å². The number of hydrogen-bond acceptors (Lipinski definition) is 1. The van der Waals surface area contributed by atoms with Crippen molar-refractivity contribution in [2.75, 3.05) is 6.54 Å². The summed E-state index contributed by atoms with van der Waals surface area (Å²) in [4.78, 5) is 0. The largest absolute Gasteiger partial charge is 0.310 e. The van der Waals surface area contributed by atoms with Crippen molar-refractivity contribution in [2.24, 2.45) is 0 Å². The lowest BCUT2D eigenvalue weighted by Crippen LogP contribution is -2.12. The molecule has 1 aliphatic rings. The molecule has 1 saturated heterocycles. The SMILES string of the molecule is Cl.Clc1cc(Cl)cc(C2CCCN2)c1. The standard InChI is InChI=1S/C10H11Cl2N.ClH/c11-8-4-7(5-9(12)6-8)10-2-1-3-13-10;/h4-6,10,13H,1-3H2;1H. The van der Waals surface area contributed by atoms with Gasteiger partial charge in [-0.25, -0.2) is 0 Å². The van der Waals surface area contributed by atoms with E-state index in [1.54, 1.807) is 6.07 Å². The van der Waals surface area contributed by atoms with Crippen LogP contribution in [-0.4, -0.2) is 6.54 Å². The first-order chi connectivity index (χ1) is 6.25. The van der Waals surface area contributed by atoms with E-state index in [1.165, 1.54) is 18.4 Å².